The summed E-state index contributed by atoms with van der Waals surface area (Å²) in [5.41, 5.74) is 0. The van der Waals surface area contributed by atoms with Gasteiger partial charge in [0.25, 0.3) is 0 Å². The number of sulfonamides is 1. The van der Waals surface area contributed by atoms with Gasteiger partial charge in [-0.2, -0.15) is 4.31 Å². The van der Waals surface area contributed by atoms with E-state index in [0.29, 0.717) is 19.5 Å². The van der Waals surface area contributed by atoms with E-state index < -0.39 is 19.9 Å². The van der Waals surface area contributed by atoms with E-state index in [1.165, 1.54) is 39.9 Å². The van der Waals surface area contributed by atoms with Gasteiger partial charge in [-0.05, 0) is 53.6 Å². The molecular formula is C18H19NO4S4. The molecule has 0 N–H and O–H groups in total. The molecule has 27 heavy (non-hydrogen) atoms. The molecule has 3 aromatic rings. The monoisotopic (exact) mass is 441 g/mol. The standard InChI is InChI=1S/C18H19NO4S4/c1-26(20,21)17-6-8-18(9-7-17)27(22,23)19(14-16-5-3-13-25-16)11-10-15-4-2-12-24-15/h2-9,12-13H,10-11,14H2,1H3. The molecule has 0 aliphatic carbocycles. The Morgan fingerprint density at radius 2 is 1.37 bits per heavy atom. The minimum Gasteiger partial charge on any atom is -0.224 e. The molecule has 2 heterocycles. The molecule has 3 rings (SSSR count). The van der Waals surface area contributed by atoms with Gasteiger partial charge in [-0.3, -0.25) is 0 Å². The van der Waals surface area contributed by atoms with E-state index in [2.05, 4.69) is 0 Å². The van der Waals surface area contributed by atoms with Crippen LogP contribution in [0.15, 0.2) is 69.1 Å². The van der Waals surface area contributed by atoms with Gasteiger partial charge in [0.1, 0.15) is 0 Å². The molecule has 0 saturated heterocycles. The molecule has 0 atom stereocenters. The molecule has 0 radical (unpaired) electrons. The Balaban J connectivity index is 1.88. The van der Waals surface area contributed by atoms with Crippen LogP contribution in [0, 0.1) is 0 Å². The lowest BCUT2D eigenvalue weighted by atomic mass is 10.3. The zero-order chi connectivity index (χ0) is 19.5. The fourth-order valence-electron chi connectivity index (χ4n) is 2.56. The van der Waals surface area contributed by atoms with Gasteiger partial charge in [-0.1, -0.05) is 12.1 Å². The van der Waals surface area contributed by atoms with Crippen molar-refractivity contribution in [1.82, 2.24) is 4.31 Å². The van der Waals surface area contributed by atoms with Crippen LogP contribution in [-0.4, -0.2) is 33.9 Å². The molecule has 0 saturated carbocycles. The summed E-state index contributed by atoms with van der Waals surface area (Å²) in [4.78, 5) is 2.27. The van der Waals surface area contributed by atoms with Gasteiger partial charge < -0.3 is 0 Å². The van der Waals surface area contributed by atoms with E-state index in [1.54, 1.807) is 11.3 Å². The van der Waals surface area contributed by atoms with Crippen molar-refractivity contribution in [2.45, 2.75) is 22.8 Å². The number of benzene rings is 1. The Morgan fingerprint density at radius 3 is 1.89 bits per heavy atom. The summed E-state index contributed by atoms with van der Waals surface area (Å²) in [5, 5.41) is 3.89. The van der Waals surface area contributed by atoms with Crippen LogP contribution in [0.5, 0.6) is 0 Å². The number of nitrogens with zero attached hydrogens (tertiary/aromatic N) is 1. The van der Waals surface area contributed by atoms with Crippen molar-refractivity contribution in [2.75, 3.05) is 12.8 Å². The average molecular weight is 442 g/mol. The van der Waals surface area contributed by atoms with Crippen LogP contribution >= 0.6 is 22.7 Å². The van der Waals surface area contributed by atoms with E-state index in [0.717, 1.165) is 16.0 Å². The van der Waals surface area contributed by atoms with Crippen molar-refractivity contribution in [3.8, 4) is 0 Å². The summed E-state index contributed by atoms with van der Waals surface area (Å²) in [5.74, 6) is 0. The Bertz CT molecular complexity index is 1070. The maximum absolute atomic E-state index is 13.2. The summed E-state index contributed by atoms with van der Waals surface area (Å²) in [6.07, 6.45) is 1.73. The minimum absolute atomic E-state index is 0.0950. The molecule has 0 unspecified atom stereocenters. The van der Waals surface area contributed by atoms with E-state index in [-0.39, 0.29) is 9.79 Å². The zero-order valence-electron chi connectivity index (χ0n) is 14.6. The molecule has 1 aromatic carbocycles. The van der Waals surface area contributed by atoms with Gasteiger partial charge in [0.2, 0.25) is 10.0 Å². The minimum atomic E-state index is -3.74. The van der Waals surface area contributed by atoms with Crippen LogP contribution in [-0.2, 0) is 32.8 Å². The molecule has 0 bridgehead atoms. The summed E-state index contributed by atoms with van der Waals surface area (Å²) in [6.45, 7) is 0.647. The number of sulfone groups is 1. The second kappa shape index (κ2) is 8.24. The summed E-state index contributed by atoms with van der Waals surface area (Å²) in [7, 11) is -7.11. The van der Waals surface area contributed by atoms with Crippen molar-refractivity contribution in [1.29, 1.82) is 0 Å². The first-order chi connectivity index (χ1) is 12.8. The van der Waals surface area contributed by atoms with Crippen LogP contribution < -0.4 is 0 Å². The highest BCUT2D eigenvalue weighted by atomic mass is 32.2. The van der Waals surface area contributed by atoms with Crippen LogP contribution in [0.3, 0.4) is 0 Å². The van der Waals surface area contributed by atoms with E-state index in [4.69, 9.17) is 0 Å². The Labute approximate surface area is 167 Å². The predicted molar refractivity (Wildman–Crippen MR) is 109 cm³/mol. The maximum atomic E-state index is 13.2. The van der Waals surface area contributed by atoms with Crippen LogP contribution in [0.1, 0.15) is 9.75 Å². The maximum Gasteiger partial charge on any atom is 0.243 e. The van der Waals surface area contributed by atoms with E-state index in [9.17, 15) is 16.8 Å². The van der Waals surface area contributed by atoms with Crippen molar-refractivity contribution in [3.05, 3.63) is 69.0 Å². The molecule has 0 aliphatic heterocycles. The number of rotatable bonds is 8. The van der Waals surface area contributed by atoms with Gasteiger partial charge in [-0.25, -0.2) is 16.8 Å². The summed E-state index contributed by atoms with van der Waals surface area (Å²) >= 11 is 3.11. The molecular weight excluding hydrogens is 422 g/mol. The largest absolute Gasteiger partial charge is 0.243 e. The molecule has 5 nitrogen and oxygen atoms in total. The molecule has 2 aromatic heterocycles. The van der Waals surface area contributed by atoms with E-state index >= 15 is 0 Å². The van der Waals surface area contributed by atoms with Gasteiger partial charge in [-0.15, -0.1) is 22.7 Å². The summed E-state index contributed by atoms with van der Waals surface area (Å²) < 4.78 is 51.0. The second-order valence-corrected chi connectivity index (χ2v) is 12.0. The van der Waals surface area contributed by atoms with Crippen molar-refractivity contribution >= 4 is 42.5 Å². The zero-order valence-corrected chi connectivity index (χ0v) is 17.9. The Morgan fingerprint density at radius 1 is 0.815 bits per heavy atom. The number of hydrogen-bond acceptors (Lipinski definition) is 6. The van der Waals surface area contributed by atoms with Gasteiger partial charge in [0.15, 0.2) is 9.84 Å². The van der Waals surface area contributed by atoms with E-state index in [1.807, 2.05) is 35.0 Å². The first-order valence-electron chi connectivity index (χ1n) is 8.12. The van der Waals surface area contributed by atoms with Crippen LogP contribution in [0.2, 0.25) is 0 Å². The molecule has 0 fully saturated rings. The third-order valence-corrected chi connectivity index (χ3v) is 8.77. The first-order valence-corrected chi connectivity index (χ1v) is 13.2. The van der Waals surface area contributed by atoms with Gasteiger partial charge >= 0.3 is 0 Å². The quantitative estimate of drug-likeness (QED) is 0.535. The Hall–Kier alpha value is -1.52. The van der Waals surface area contributed by atoms with Crippen molar-refractivity contribution in [2.24, 2.45) is 0 Å². The highest BCUT2D eigenvalue weighted by molar-refractivity contribution is 7.90. The lowest BCUT2D eigenvalue weighted by molar-refractivity contribution is 0.413. The first kappa shape index (κ1) is 20.2. The second-order valence-electron chi connectivity index (χ2n) is 5.99. The van der Waals surface area contributed by atoms with Crippen LogP contribution in [0.25, 0.3) is 0 Å². The topological polar surface area (TPSA) is 71.5 Å². The summed E-state index contributed by atoms with van der Waals surface area (Å²) in [6, 6.07) is 13.1. The molecule has 9 heteroatoms. The smallest absolute Gasteiger partial charge is 0.224 e. The fourth-order valence-corrected chi connectivity index (χ4v) is 6.11. The number of hydrogen-bond donors (Lipinski definition) is 0. The lowest BCUT2D eigenvalue weighted by Crippen LogP contribution is -2.32. The molecule has 0 amide bonds. The normalized spacial score (nSPS) is 12.5. The Kier molecular flexibility index (Phi) is 6.17. The van der Waals surface area contributed by atoms with Gasteiger partial charge in [0, 0.05) is 29.1 Å². The highest BCUT2D eigenvalue weighted by Gasteiger charge is 2.25. The fraction of sp³-hybridized carbons (Fsp3) is 0.222. The van der Waals surface area contributed by atoms with Gasteiger partial charge in [0.05, 0.1) is 9.79 Å². The third-order valence-electron chi connectivity index (χ3n) is 3.99. The molecule has 0 spiro atoms. The highest BCUT2D eigenvalue weighted by Crippen LogP contribution is 2.23. The lowest BCUT2D eigenvalue weighted by Gasteiger charge is -2.21. The molecule has 0 aliphatic rings. The SMILES string of the molecule is CS(=O)(=O)c1ccc(S(=O)(=O)N(CCc2cccs2)Cc2cccs2)cc1. The number of thiophene rings is 2. The van der Waals surface area contributed by atoms with Crippen LogP contribution in [0.4, 0.5) is 0 Å². The average Bonchev–Trinajstić information content (AvgIpc) is 3.31. The van der Waals surface area contributed by atoms with Crippen molar-refractivity contribution < 1.29 is 16.8 Å². The van der Waals surface area contributed by atoms with Crippen molar-refractivity contribution in [3.63, 3.8) is 0 Å². The molecule has 144 valence electrons. The predicted octanol–water partition coefficient (Wildman–Crippen LogP) is 3.65. The third kappa shape index (κ3) is 5.05.